The molecular weight excluding hydrogens is 444 g/mol. The van der Waals surface area contributed by atoms with Gasteiger partial charge in [-0.2, -0.15) is 0 Å². The molecular formula is C26H30N6O3. The first-order chi connectivity index (χ1) is 17.0. The SMILES string of the molecule is COc1ccccc1OCC#Cc1cc2c(N[C@@H]3CCN(C(=O)/C=C/CN(C)C)C3)ncnc2[nH]1. The highest BCUT2D eigenvalue weighted by atomic mass is 16.5. The molecule has 0 aliphatic carbocycles. The van der Waals surface area contributed by atoms with E-state index >= 15 is 0 Å². The van der Waals surface area contributed by atoms with Gasteiger partial charge >= 0.3 is 0 Å². The number of H-pyrrole nitrogens is 1. The number of aromatic nitrogens is 3. The van der Waals surface area contributed by atoms with Crippen molar-refractivity contribution in [1.82, 2.24) is 24.8 Å². The lowest BCUT2D eigenvalue weighted by molar-refractivity contribution is -0.125. The van der Waals surface area contributed by atoms with Gasteiger partial charge < -0.3 is 29.6 Å². The number of rotatable bonds is 8. The Hall–Kier alpha value is -4.03. The standard InChI is InChI=1S/C26H30N6O3/c1-31(2)13-6-11-24(33)32-14-12-20(17-32)30-26-21-16-19(29-25(21)27-18-28-26)8-7-15-35-23-10-5-4-9-22(23)34-3/h4-6,9-11,16,18,20H,12-15,17H2,1-3H3,(H2,27,28,29,30)/b11-6+/t20-/m1/s1. The van der Waals surface area contributed by atoms with Crippen molar-refractivity contribution in [2.24, 2.45) is 0 Å². The van der Waals surface area contributed by atoms with Crippen molar-refractivity contribution in [3.05, 3.63) is 54.5 Å². The first-order valence-electron chi connectivity index (χ1n) is 11.5. The van der Waals surface area contributed by atoms with E-state index in [9.17, 15) is 4.79 Å². The van der Waals surface area contributed by atoms with Crippen molar-refractivity contribution >= 4 is 22.8 Å². The van der Waals surface area contributed by atoms with Crippen LogP contribution in [0, 0.1) is 11.8 Å². The Morgan fingerprint density at radius 3 is 2.94 bits per heavy atom. The zero-order valence-corrected chi connectivity index (χ0v) is 20.2. The molecule has 1 atom stereocenters. The zero-order valence-electron chi connectivity index (χ0n) is 20.2. The first kappa shape index (κ1) is 24.1. The van der Waals surface area contributed by atoms with Crippen molar-refractivity contribution in [1.29, 1.82) is 0 Å². The van der Waals surface area contributed by atoms with E-state index in [4.69, 9.17) is 9.47 Å². The number of aromatic amines is 1. The summed E-state index contributed by atoms with van der Waals surface area (Å²) in [6.07, 6.45) is 5.92. The van der Waals surface area contributed by atoms with Gasteiger partial charge in [0.15, 0.2) is 11.5 Å². The number of amides is 1. The Balaban J connectivity index is 1.37. The second-order valence-corrected chi connectivity index (χ2v) is 8.49. The maximum absolute atomic E-state index is 12.4. The van der Waals surface area contributed by atoms with E-state index in [1.165, 1.54) is 6.33 Å². The van der Waals surface area contributed by atoms with Gasteiger partial charge in [0.1, 0.15) is 24.4 Å². The fourth-order valence-corrected chi connectivity index (χ4v) is 3.85. The van der Waals surface area contributed by atoms with Crippen LogP contribution in [0.25, 0.3) is 11.0 Å². The van der Waals surface area contributed by atoms with Crippen LogP contribution in [-0.4, -0.2) is 84.1 Å². The number of nitrogens with zero attached hydrogens (tertiary/aromatic N) is 4. The molecule has 0 bridgehead atoms. The number of anilines is 1. The van der Waals surface area contributed by atoms with Crippen molar-refractivity contribution in [3.8, 4) is 23.3 Å². The maximum atomic E-state index is 12.4. The molecule has 3 heterocycles. The van der Waals surface area contributed by atoms with E-state index in [1.807, 2.05) is 60.3 Å². The molecule has 35 heavy (non-hydrogen) atoms. The second-order valence-electron chi connectivity index (χ2n) is 8.49. The number of benzene rings is 1. The van der Waals surface area contributed by atoms with Gasteiger partial charge in [0.05, 0.1) is 18.2 Å². The van der Waals surface area contributed by atoms with Crippen LogP contribution in [0.3, 0.4) is 0 Å². The molecule has 2 aromatic heterocycles. The smallest absolute Gasteiger partial charge is 0.246 e. The number of fused-ring (bicyclic) bond motifs is 1. The Morgan fingerprint density at radius 1 is 1.31 bits per heavy atom. The van der Waals surface area contributed by atoms with Gasteiger partial charge in [-0.05, 0) is 44.6 Å². The Bertz CT molecular complexity index is 1260. The molecule has 0 unspecified atom stereocenters. The summed E-state index contributed by atoms with van der Waals surface area (Å²) in [6, 6.07) is 9.51. The molecule has 1 aliphatic heterocycles. The van der Waals surface area contributed by atoms with Gasteiger partial charge in [-0.3, -0.25) is 4.79 Å². The predicted octanol–water partition coefficient (Wildman–Crippen LogP) is 2.53. The highest BCUT2D eigenvalue weighted by Gasteiger charge is 2.25. The summed E-state index contributed by atoms with van der Waals surface area (Å²) in [5.41, 5.74) is 1.43. The molecule has 1 saturated heterocycles. The molecule has 0 saturated carbocycles. The third-order valence-corrected chi connectivity index (χ3v) is 5.59. The lowest BCUT2D eigenvalue weighted by atomic mass is 10.2. The van der Waals surface area contributed by atoms with Gasteiger partial charge in [-0.1, -0.05) is 24.1 Å². The summed E-state index contributed by atoms with van der Waals surface area (Å²) in [5, 5.41) is 4.33. The summed E-state index contributed by atoms with van der Waals surface area (Å²) in [5.74, 6) is 8.18. The molecule has 3 aromatic rings. The molecule has 0 radical (unpaired) electrons. The number of carbonyl (C=O) groups excluding carboxylic acids is 1. The lowest BCUT2D eigenvalue weighted by Crippen LogP contribution is -2.30. The molecule has 1 aliphatic rings. The van der Waals surface area contributed by atoms with Crippen LogP contribution in [0.5, 0.6) is 11.5 Å². The van der Waals surface area contributed by atoms with Crippen molar-refractivity contribution < 1.29 is 14.3 Å². The van der Waals surface area contributed by atoms with Gasteiger partial charge in [-0.25, -0.2) is 9.97 Å². The fourth-order valence-electron chi connectivity index (χ4n) is 3.85. The number of nitrogens with one attached hydrogen (secondary N) is 2. The number of hydrogen-bond donors (Lipinski definition) is 2. The van der Waals surface area contributed by atoms with E-state index in [2.05, 4.69) is 32.1 Å². The number of methoxy groups -OCH3 is 1. The molecule has 9 heteroatoms. The van der Waals surface area contributed by atoms with Gasteiger partial charge in [0.25, 0.3) is 0 Å². The Kier molecular flexibility index (Phi) is 7.85. The van der Waals surface area contributed by atoms with Crippen LogP contribution in [-0.2, 0) is 4.79 Å². The zero-order chi connectivity index (χ0) is 24.6. The summed E-state index contributed by atoms with van der Waals surface area (Å²) in [6.45, 7) is 2.31. The minimum Gasteiger partial charge on any atom is -0.493 e. The predicted molar refractivity (Wildman–Crippen MR) is 136 cm³/mol. The summed E-state index contributed by atoms with van der Waals surface area (Å²) < 4.78 is 11.0. The van der Waals surface area contributed by atoms with Crippen LogP contribution in [0.2, 0.25) is 0 Å². The highest BCUT2D eigenvalue weighted by Crippen LogP contribution is 2.26. The monoisotopic (exact) mass is 474 g/mol. The van der Waals surface area contributed by atoms with Crippen molar-refractivity contribution in [2.75, 3.05) is 52.8 Å². The Labute approximate surface area is 205 Å². The van der Waals surface area contributed by atoms with Crippen molar-refractivity contribution in [2.45, 2.75) is 12.5 Å². The molecule has 1 fully saturated rings. The largest absolute Gasteiger partial charge is 0.493 e. The molecule has 9 nitrogen and oxygen atoms in total. The van der Waals surface area contributed by atoms with E-state index in [1.54, 1.807) is 13.2 Å². The second kappa shape index (κ2) is 11.4. The summed E-state index contributed by atoms with van der Waals surface area (Å²) in [4.78, 5) is 28.3. The van der Waals surface area contributed by atoms with Gasteiger partial charge in [0, 0.05) is 31.8 Å². The quantitative estimate of drug-likeness (QED) is 0.383. The number of likely N-dealkylation sites (N-methyl/N-ethyl adjacent to an activating group) is 1. The Morgan fingerprint density at radius 2 is 2.14 bits per heavy atom. The normalized spacial score (nSPS) is 15.4. The van der Waals surface area contributed by atoms with E-state index in [0.717, 1.165) is 29.9 Å². The molecule has 182 valence electrons. The highest BCUT2D eigenvalue weighted by molar-refractivity contribution is 5.89. The van der Waals surface area contributed by atoms with Crippen LogP contribution in [0.15, 0.2) is 48.8 Å². The summed E-state index contributed by atoms with van der Waals surface area (Å²) in [7, 11) is 5.55. The number of para-hydroxylation sites is 2. The average Bonchev–Trinajstić information content (AvgIpc) is 3.49. The minimum atomic E-state index is 0.0403. The van der Waals surface area contributed by atoms with Crippen LogP contribution < -0.4 is 14.8 Å². The topological polar surface area (TPSA) is 95.6 Å². The molecule has 1 aromatic carbocycles. The van der Waals surface area contributed by atoms with E-state index in [-0.39, 0.29) is 18.6 Å². The first-order valence-corrected chi connectivity index (χ1v) is 11.5. The average molecular weight is 475 g/mol. The molecule has 1 amide bonds. The molecule has 0 spiro atoms. The number of likely N-dealkylation sites (tertiary alicyclic amines) is 1. The van der Waals surface area contributed by atoms with Gasteiger partial charge in [-0.15, -0.1) is 0 Å². The van der Waals surface area contributed by atoms with Crippen LogP contribution in [0.4, 0.5) is 5.82 Å². The molecule has 2 N–H and O–H groups in total. The number of hydrogen-bond acceptors (Lipinski definition) is 7. The van der Waals surface area contributed by atoms with E-state index < -0.39 is 0 Å². The van der Waals surface area contributed by atoms with E-state index in [0.29, 0.717) is 30.2 Å². The third-order valence-electron chi connectivity index (χ3n) is 5.59. The fraction of sp³-hybridized carbons (Fsp3) is 0.346. The maximum Gasteiger partial charge on any atom is 0.246 e. The molecule has 4 rings (SSSR count). The van der Waals surface area contributed by atoms with Crippen molar-refractivity contribution in [3.63, 3.8) is 0 Å². The minimum absolute atomic E-state index is 0.0403. The number of ether oxygens (including phenoxy) is 2. The van der Waals surface area contributed by atoms with Crippen LogP contribution in [0.1, 0.15) is 12.1 Å². The lowest BCUT2D eigenvalue weighted by Gasteiger charge is -2.16. The number of carbonyl (C=O) groups is 1. The van der Waals surface area contributed by atoms with Gasteiger partial charge in [0.2, 0.25) is 5.91 Å². The third kappa shape index (κ3) is 6.31. The van der Waals surface area contributed by atoms with Crippen LogP contribution >= 0.6 is 0 Å². The summed E-state index contributed by atoms with van der Waals surface area (Å²) >= 11 is 0.